The van der Waals surface area contributed by atoms with Gasteiger partial charge in [-0.1, -0.05) is 11.6 Å². The first-order chi connectivity index (χ1) is 16.0. The van der Waals surface area contributed by atoms with Crippen molar-refractivity contribution in [2.45, 2.75) is 26.1 Å². The Morgan fingerprint density at radius 3 is 2.56 bits per heavy atom. The van der Waals surface area contributed by atoms with Crippen molar-refractivity contribution in [3.05, 3.63) is 70.9 Å². The lowest BCUT2D eigenvalue weighted by Crippen LogP contribution is -2.21. The first-order valence-electron chi connectivity index (χ1n) is 9.89. The Morgan fingerprint density at radius 1 is 1.15 bits per heavy atom. The molecule has 0 radical (unpaired) electrons. The second-order valence-electron chi connectivity index (χ2n) is 7.64. The maximum absolute atomic E-state index is 14.9. The molecule has 4 aromatic rings. The molecule has 0 saturated carbocycles. The number of halogens is 4. The molecule has 4 N–H and O–H groups in total. The Morgan fingerprint density at radius 2 is 1.88 bits per heavy atom. The number of benzene rings is 2. The molecule has 4 rings (SSSR count). The van der Waals surface area contributed by atoms with E-state index < -0.39 is 29.6 Å². The zero-order chi connectivity index (χ0) is 24.8. The van der Waals surface area contributed by atoms with Crippen LogP contribution in [0.1, 0.15) is 28.5 Å². The highest BCUT2D eigenvalue weighted by Crippen LogP contribution is 2.32. The monoisotopic (exact) mass is 474 g/mol. The molecule has 0 spiro atoms. The molecule has 176 valence electrons. The van der Waals surface area contributed by atoms with Gasteiger partial charge in [0.2, 0.25) is 0 Å². The number of nitrogens with two attached hydrogens (primary N) is 1. The van der Waals surface area contributed by atoms with Crippen LogP contribution in [0, 0.1) is 19.7 Å². The number of fused-ring (bicyclic) bond motifs is 1. The zero-order valence-electron chi connectivity index (χ0n) is 17.9. The van der Waals surface area contributed by atoms with Crippen molar-refractivity contribution in [2.75, 3.05) is 11.1 Å². The number of aryl methyl sites for hydroxylation is 2. The van der Waals surface area contributed by atoms with E-state index in [-0.39, 0.29) is 28.3 Å². The summed E-state index contributed by atoms with van der Waals surface area (Å²) in [7, 11) is 0. The summed E-state index contributed by atoms with van der Waals surface area (Å²) in [5.74, 6) is -1.71. The molecule has 0 aliphatic carbocycles. The molecule has 2 aromatic carbocycles. The van der Waals surface area contributed by atoms with Crippen LogP contribution in [0.15, 0.2) is 42.7 Å². The summed E-state index contributed by atoms with van der Waals surface area (Å²) in [5.41, 5.74) is 6.13. The van der Waals surface area contributed by atoms with Crippen LogP contribution >= 0.6 is 0 Å². The molecule has 0 bridgehead atoms. The predicted octanol–water partition coefficient (Wildman–Crippen LogP) is 3.84. The van der Waals surface area contributed by atoms with E-state index in [0.29, 0.717) is 22.8 Å². The molecule has 2 heterocycles. The molecule has 8 nitrogen and oxygen atoms in total. The minimum Gasteiger partial charge on any atom is -0.382 e. The van der Waals surface area contributed by atoms with Crippen molar-refractivity contribution in [3.8, 4) is 5.69 Å². The van der Waals surface area contributed by atoms with Crippen molar-refractivity contribution in [3.63, 3.8) is 0 Å². The molecule has 34 heavy (non-hydrogen) atoms. The Balaban J connectivity index is 1.61. The predicted molar refractivity (Wildman–Crippen MR) is 116 cm³/mol. The number of alkyl halides is 3. The van der Waals surface area contributed by atoms with Gasteiger partial charge in [-0.15, -0.1) is 0 Å². The number of aromatic nitrogens is 4. The lowest BCUT2D eigenvalue weighted by molar-refractivity contribution is -0.138. The Labute approximate surface area is 190 Å². The number of carbonyl (C=O) groups is 1. The molecule has 0 saturated heterocycles. The van der Waals surface area contributed by atoms with Crippen LogP contribution in [-0.2, 0) is 11.0 Å². The number of hydrogen-bond acceptors (Lipinski definition) is 6. The van der Waals surface area contributed by atoms with Gasteiger partial charge >= 0.3 is 6.18 Å². The maximum atomic E-state index is 14.9. The molecule has 0 unspecified atom stereocenters. The van der Waals surface area contributed by atoms with E-state index in [9.17, 15) is 27.5 Å². The first kappa shape index (κ1) is 23.1. The molecule has 12 heteroatoms. The molecule has 1 atom stereocenters. The number of hydrogen-bond donors (Lipinski definition) is 3. The van der Waals surface area contributed by atoms with Crippen molar-refractivity contribution < 1.29 is 27.5 Å². The second kappa shape index (κ2) is 8.37. The number of nitrogens with one attached hydrogen (secondary N) is 1. The third-order valence-corrected chi connectivity index (χ3v) is 5.09. The van der Waals surface area contributed by atoms with Crippen LogP contribution in [0.3, 0.4) is 0 Å². The largest absolute Gasteiger partial charge is 0.416 e. The van der Waals surface area contributed by atoms with Gasteiger partial charge in [0.15, 0.2) is 17.7 Å². The summed E-state index contributed by atoms with van der Waals surface area (Å²) in [6.07, 6.45) is -5.28. The van der Waals surface area contributed by atoms with E-state index in [4.69, 9.17) is 5.73 Å². The maximum Gasteiger partial charge on any atom is 0.416 e. The van der Waals surface area contributed by atoms with E-state index in [1.54, 1.807) is 6.92 Å². The van der Waals surface area contributed by atoms with Crippen LogP contribution in [0.25, 0.3) is 16.7 Å². The van der Waals surface area contributed by atoms with Crippen LogP contribution in [0.4, 0.5) is 29.1 Å². The molecule has 0 aliphatic heterocycles. The third kappa shape index (κ3) is 4.27. The Hall–Kier alpha value is -4.06. The van der Waals surface area contributed by atoms with Gasteiger partial charge in [0.1, 0.15) is 23.0 Å². The molecule has 0 aliphatic rings. The number of aliphatic hydroxyl groups excluding tert-OH is 1. The molecular weight excluding hydrogens is 456 g/mol. The lowest BCUT2D eigenvalue weighted by atomic mass is 10.0. The Bertz CT molecular complexity index is 1420. The summed E-state index contributed by atoms with van der Waals surface area (Å²) >= 11 is 0. The number of amides is 1. The van der Waals surface area contributed by atoms with Gasteiger partial charge in [0, 0.05) is 5.69 Å². The normalized spacial score (nSPS) is 12.7. The van der Waals surface area contributed by atoms with Crippen molar-refractivity contribution in [2.24, 2.45) is 0 Å². The minimum atomic E-state index is -4.64. The number of aliphatic hydroxyl groups is 1. The van der Waals surface area contributed by atoms with E-state index in [1.807, 2.05) is 0 Å². The quantitative estimate of drug-likeness (QED) is 0.387. The SMILES string of the molecule is Cc1cc([C@@H](O)C(=O)Nc2ccc(-n3nc(C)c4ncnc(N)c43)c(F)c2)cc(C(F)(F)F)c1. The van der Waals surface area contributed by atoms with E-state index in [2.05, 4.69) is 20.4 Å². The molecule has 1 amide bonds. The number of rotatable bonds is 4. The molecular formula is C22H18F4N6O2. The smallest absolute Gasteiger partial charge is 0.382 e. The van der Waals surface area contributed by atoms with E-state index in [0.717, 1.165) is 12.1 Å². The second-order valence-corrected chi connectivity index (χ2v) is 7.64. The number of nitrogens with zero attached hydrogens (tertiary/aromatic N) is 4. The van der Waals surface area contributed by atoms with Crippen LogP contribution in [-0.4, -0.2) is 30.8 Å². The highest BCUT2D eigenvalue weighted by molar-refractivity contribution is 5.95. The number of anilines is 2. The van der Waals surface area contributed by atoms with Crippen LogP contribution < -0.4 is 11.1 Å². The van der Waals surface area contributed by atoms with Crippen LogP contribution in [0.5, 0.6) is 0 Å². The zero-order valence-corrected chi connectivity index (χ0v) is 17.9. The van der Waals surface area contributed by atoms with Gasteiger partial charge in [-0.05, 0) is 49.7 Å². The summed E-state index contributed by atoms with van der Waals surface area (Å²) in [4.78, 5) is 20.5. The minimum absolute atomic E-state index is 0.00616. The van der Waals surface area contributed by atoms with Gasteiger partial charge in [-0.25, -0.2) is 19.0 Å². The molecule has 2 aromatic heterocycles. The Kier molecular flexibility index (Phi) is 5.69. The first-order valence-corrected chi connectivity index (χ1v) is 9.89. The van der Waals surface area contributed by atoms with Gasteiger partial charge in [-0.2, -0.15) is 18.3 Å². The van der Waals surface area contributed by atoms with Crippen molar-refractivity contribution in [1.29, 1.82) is 0 Å². The fourth-order valence-corrected chi connectivity index (χ4v) is 3.54. The molecule has 0 fully saturated rings. The van der Waals surface area contributed by atoms with Crippen LogP contribution in [0.2, 0.25) is 0 Å². The summed E-state index contributed by atoms with van der Waals surface area (Å²) < 4.78 is 55.3. The topological polar surface area (TPSA) is 119 Å². The number of nitrogen functional groups attached to an aromatic ring is 1. The standard InChI is InChI=1S/C22H18F4N6O2/c1-10-5-12(7-13(6-10)22(24,25)26)19(33)21(34)30-14-3-4-16(15(23)8-14)32-18-17(11(2)31-32)28-9-29-20(18)27/h3-9,19,33H,1-2H3,(H,30,34)(H2,27,28,29)/t19-/m1/s1. The summed E-state index contributed by atoms with van der Waals surface area (Å²) in [6, 6.07) is 6.52. The number of carbonyl (C=O) groups excluding carboxylic acids is 1. The van der Waals surface area contributed by atoms with Crippen molar-refractivity contribution >= 4 is 28.4 Å². The summed E-state index contributed by atoms with van der Waals surface area (Å²) in [5, 5.41) is 16.9. The fraction of sp³-hybridized carbons (Fsp3) is 0.182. The average Bonchev–Trinajstić information content (AvgIpc) is 3.10. The van der Waals surface area contributed by atoms with Gasteiger partial charge in [0.05, 0.1) is 11.3 Å². The third-order valence-electron chi connectivity index (χ3n) is 5.09. The highest BCUT2D eigenvalue weighted by Gasteiger charge is 2.32. The highest BCUT2D eigenvalue weighted by atomic mass is 19.4. The van der Waals surface area contributed by atoms with Gasteiger partial charge in [0.25, 0.3) is 5.91 Å². The van der Waals surface area contributed by atoms with E-state index >= 15 is 0 Å². The van der Waals surface area contributed by atoms with Gasteiger partial charge < -0.3 is 16.2 Å². The average molecular weight is 474 g/mol. The van der Waals surface area contributed by atoms with E-state index in [1.165, 1.54) is 36.1 Å². The lowest BCUT2D eigenvalue weighted by Gasteiger charge is -2.15. The van der Waals surface area contributed by atoms with Gasteiger partial charge in [-0.3, -0.25) is 4.79 Å². The fourth-order valence-electron chi connectivity index (χ4n) is 3.54. The summed E-state index contributed by atoms with van der Waals surface area (Å²) in [6.45, 7) is 3.09. The van der Waals surface area contributed by atoms with Crippen molar-refractivity contribution in [1.82, 2.24) is 19.7 Å².